The van der Waals surface area contributed by atoms with Crippen LogP contribution in [0.5, 0.6) is 0 Å². The van der Waals surface area contributed by atoms with E-state index in [4.69, 9.17) is 0 Å². The molecule has 9 heteroatoms. The van der Waals surface area contributed by atoms with Crippen molar-refractivity contribution < 1.29 is 14.4 Å². The lowest BCUT2D eigenvalue weighted by atomic mass is 9.95. The number of nitrogens with zero attached hydrogens (tertiary/aromatic N) is 2. The van der Waals surface area contributed by atoms with E-state index in [-0.39, 0.29) is 36.4 Å². The number of benzene rings is 1. The fraction of sp³-hybridized carbons (Fsp3) is 0.381. The largest absolute Gasteiger partial charge is 0.352 e. The van der Waals surface area contributed by atoms with Crippen LogP contribution in [0.15, 0.2) is 47.4 Å². The number of rotatable bonds is 7. The van der Waals surface area contributed by atoms with Crippen LogP contribution in [0, 0.1) is 5.41 Å². The zero-order valence-electron chi connectivity index (χ0n) is 17.6. The van der Waals surface area contributed by atoms with E-state index in [1.165, 1.54) is 18.3 Å². The number of amides is 3. The summed E-state index contributed by atoms with van der Waals surface area (Å²) in [5, 5.41) is 12.0. The Bertz CT molecular complexity index is 960. The minimum absolute atomic E-state index is 0.113. The second-order valence-electron chi connectivity index (χ2n) is 7.81. The topological polar surface area (TPSA) is 122 Å². The molecule has 1 aromatic carbocycles. The van der Waals surface area contributed by atoms with E-state index in [1.807, 2.05) is 20.8 Å². The highest BCUT2D eigenvalue weighted by atomic mass is 16.2. The van der Waals surface area contributed by atoms with Gasteiger partial charge in [-0.2, -0.15) is 5.10 Å². The minimum atomic E-state index is -0.759. The van der Waals surface area contributed by atoms with Gasteiger partial charge in [-0.05, 0) is 37.3 Å². The summed E-state index contributed by atoms with van der Waals surface area (Å²) in [6.07, 6.45) is 1.44. The normalized spacial score (nSPS) is 12.0. The van der Waals surface area contributed by atoms with E-state index >= 15 is 0 Å². The molecule has 160 valence electrons. The number of nitrogens with one attached hydrogen (secondary N) is 3. The second-order valence-corrected chi connectivity index (χ2v) is 7.81. The summed E-state index contributed by atoms with van der Waals surface area (Å²) in [7, 11) is 0. The van der Waals surface area contributed by atoms with Crippen molar-refractivity contribution in [3.05, 3.63) is 58.5 Å². The van der Waals surface area contributed by atoms with Gasteiger partial charge in [0.1, 0.15) is 6.04 Å². The van der Waals surface area contributed by atoms with Crippen molar-refractivity contribution in [3.63, 3.8) is 0 Å². The highest BCUT2D eigenvalue weighted by Gasteiger charge is 2.21. The van der Waals surface area contributed by atoms with E-state index in [9.17, 15) is 19.2 Å². The Hall–Kier alpha value is -3.49. The predicted molar refractivity (Wildman–Crippen MR) is 113 cm³/mol. The molecule has 0 aliphatic rings. The number of hydrogen-bond acceptors (Lipinski definition) is 5. The zero-order chi connectivity index (χ0) is 22.3. The van der Waals surface area contributed by atoms with Crippen LogP contribution < -0.4 is 21.5 Å². The molecule has 1 aromatic heterocycles. The van der Waals surface area contributed by atoms with Crippen molar-refractivity contribution in [1.29, 1.82) is 0 Å². The van der Waals surface area contributed by atoms with Crippen LogP contribution in [0.4, 0.5) is 5.69 Å². The average Bonchev–Trinajstić information content (AvgIpc) is 2.70. The van der Waals surface area contributed by atoms with E-state index in [0.717, 1.165) is 4.68 Å². The maximum absolute atomic E-state index is 12.2. The van der Waals surface area contributed by atoms with Gasteiger partial charge in [-0.1, -0.05) is 20.8 Å². The van der Waals surface area contributed by atoms with Crippen molar-refractivity contribution in [2.45, 2.75) is 33.7 Å². The highest BCUT2D eigenvalue weighted by Crippen LogP contribution is 2.17. The molecule has 3 amide bonds. The van der Waals surface area contributed by atoms with E-state index in [1.54, 1.807) is 31.2 Å². The molecular formula is C21H27N5O4. The van der Waals surface area contributed by atoms with Gasteiger partial charge in [0.15, 0.2) is 0 Å². The minimum Gasteiger partial charge on any atom is -0.352 e. The molecule has 2 aromatic rings. The van der Waals surface area contributed by atoms with Gasteiger partial charge in [0.25, 0.3) is 11.5 Å². The molecule has 0 saturated heterocycles. The molecule has 0 saturated carbocycles. The van der Waals surface area contributed by atoms with Gasteiger partial charge in [-0.15, -0.1) is 0 Å². The van der Waals surface area contributed by atoms with Gasteiger partial charge in [0.2, 0.25) is 11.8 Å². The molecule has 1 unspecified atom stereocenters. The summed E-state index contributed by atoms with van der Waals surface area (Å²) in [4.78, 5) is 48.1. The van der Waals surface area contributed by atoms with Gasteiger partial charge in [-0.25, -0.2) is 4.68 Å². The van der Waals surface area contributed by atoms with E-state index in [2.05, 4.69) is 21.0 Å². The SMILES string of the molecule is CC(C(=O)NCCNC(=O)c1ccc(NC(=O)C(C)(C)C)cc1)n1ncccc1=O. The monoisotopic (exact) mass is 413 g/mol. The van der Waals surface area contributed by atoms with Crippen molar-refractivity contribution in [2.24, 2.45) is 5.41 Å². The number of carbonyl (C=O) groups is 3. The van der Waals surface area contributed by atoms with E-state index < -0.39 is 11.5 Å². The molecule has 0 fully saturated rings. The van der Waals surface area contributed by atoms with Gasteiger partial charge in [-0.3, -0.25) is 19.2 Å². The first-order chi connectivity index (χ1) is 14.1. The van der Waals surface area contributed by atoms with Gasteiger partial charge >= 0.3 is 0 Å². The standard InChI is InChI=1S/C21H27N5O4/c1-14(26-17(27)6-5-11-24-26)18(28)22-12-13-23-19(29)15-7-9-16(10-8-15)25-20(30)21(2,3)4/h5-11,14H,12-13H2,1-4H3,(H,22,28)(H,23,29)(H,25,30). The summed E-state index contributed by atoms with van der Waals surface area (Å²) < 4.78 is 1.09. The Balaban J connectivity index is 1.79. The molecule has 9 nitrogen and oxygen atoms in total. The quantitative estimate of drug-likeness (QED) is 0.591. The van der Waals surface area contributed by atoms with Crippen LogP contribution in [0.3, 0.4) is 0 Å². The lowest BCUT2D eigenvalue weighted by Crippen LogP contribution is -2.40. The van der Waals surface area contributed by atoms with Crippen LogP contribution in [0.25, 0.3) is 0 Å². The first-order valence-corrected chi connectivity index (χ1v) is 9.61. The maximum Gasteiger partial charge on any atom is 0.267 e. The summed E-state index contributed by atoms with van der Waals surface area (Å²) in [5.74, 6) is -0.784. The first kappa shape index (κ1) is 22.8. The molecule has 1 atom stereocenters. The Kier molecular flexibility index (Phi) is 7.46. The fourth-order valence-corrected chi connectivity index (χ4v) is 2.41. The van der Waals surface area contributed by atoms with Crippen molar-refractivity contribution in [1.82, 2.24) is 20.4 Å². The Labute approximate surface area is 174 Å². The van der Waals surface area contributed by atoms with Crippen LogP contribution >= 0.6 is 0 Å². The number of hydrogen-bond donors (Lipinski definition) is 3. The lowest BCUT2D eigenvalue weighted by Gasteiger charge is -2.17. The maximum atomic E-state index is 12.2. The third kappa shape index (κ3) is 6.26. The molecule has 0 aliphatic heterocycles. The number of carbonyl (C=O) groups excluding carboxylic acids is 3. The zero-order valence-corrected chi connectivity index (χ0v) is 17.6. The second kappa shape index (κ2) is 9.82. The Morgan fingerprint density at radius 2 is 1.67 bits per heavy atom. The van der Waals surface area contributed by atoms with E-state index in [0.29, 0.717) is 11.3 Å². The average molecular weight is 413 g/mol. The molecule has 0 radical (unpaired) electrons. The molecule has 1 heterocycles. The Morgan fingerprint density at radius 1 is 1.03 bits per heavy atom. The predicted octanol–water partition coefficient (Wildman–Crippen LogP) is 1.34. The molecule has 0 spiro atoms. The fourth-order valence-electron chi connectivity index (χ4n) is 2.41. The van der Waals surface area contributed by atoms with Gasteiger partial charge < -0.3 is 16.0 Å². The lowest BCUT2D eigenvalue weighted by molar-refractivity contribution is -0.124. The van der Waals surface area contributed by atoms with Crippen LogP contribution in [-0.4, -0.2) is 40.6 Å². The van der Waals surface area contributed by atoms with Crippen LogP contribution in [0.1, 0.15) is 44.1 Å². The van der Waals surface area contributed by atoms with Gasteiger partial charge in [0, 0.05) is 42.0 Å². The molecule has 3 N–H and O–H groups in total. The summed E-state index contributed by atoms with van der Waals surface area (Å²) in [6, 6.07) is 8.62. The third-order valence-electron chi connectivity index (χ3n) is 4.28. The van der Waals surface area contributed by atoms with Gasteiger partial charge in [0.05, 0.1) is 0 Å². The number of anilines is 1. The highest BCUT2D eigenvalue weighted by molar-refractivity contribution is 5.97. The summed E-state index contributed by atoms with van der Waals surface area (Å²) in [5.41, 5.74) is 0.166. The molecule has 0 bridgehead atoms. The van der Waals surface area contributed by atoms with Crippen molar-refractivity contribution in [2.75, 3.05) is 18.4 Å². The van der Waals surface area contributed by atoms with Crippen molar-refractivity contribution >= 4 is 23.4 Å². The van der Waals surface area contributed by atoms with Crippen LogP contribution in [0.2, 0.25) is 0 Å². The molecule has 0 aliphatic carbocycles. The molecular weight excluding hydrogens is 386 g/mol. The summed E-state index contributed by atoms with van der Waals surface area (Å²) in [6.45, 7) is 7.45. The smallest absolute Gasteiger partial charge is 0.267 e. The van der Waals surface area contributed by atoms with Crippen LogP contribution in [-0.2, 0) is 9.59 Å². The molecule has 30 heavy (non-hydrogen) atoms. The molecule has 2 rings (SSSR count). The Morgan fingerprint density at radius 3 is 2.27 bits per heavy atom. The first-order valence-electron chi connectivity index (χ1n) is 9.61. The summed E-state index contributed by atoms with van der Waals surface area (Å²) >= 11 is 0. The third-order valence-corrected chi connectivity index (χ3v) is 4.28. The number of aromatic nitrogens is 2. The van der Waals surface area contributed by atoms with Crippen molar-refractivity contribution in [3.8, 4) is 0 Å².